The number of aromatic nitrogens is 2. The van der Waals surface area contributed by atoms with Gasteiger partial charge in [0, 0.05) is 43.9 Å². The van der Waals surface area contributed by atoms with Gasteiger partial charge in [-0.3, -0.25) is 4.79 Å². The van der Waals surface area contributed by atoms with Crippen molar-refractivity contribution < 1.29 is 4.79 Å². The molecule has 2 aromatic rings. The van der Waals surface area contributed by atoms with Crippen molar-refractivity contribution in [1.82, 2.24) is 14.5 Å². The number of aryl methyl sites for hydroxylation is 1. The molecule has 1 saturated heterocycles. The molecule has 4 rings (SSSR count). The van der Waals surface area contributed by atoms with Crippen molar-refractivity contribution in [3.05, 3.63) is 53.6 Å². The fraction of sp³-hybridized carbons (Fsp3) is 0.545. The third-order valence-corrected chi connectivity index (χ3v) is 6.08. The second-order valence-corrected chi connectivity index (χ2v) is 8.01. The summed E-state index contributed by atoms with van der Waals surface area (Å²) in [6.07, 6.45) is 8.70. The molecule has 138 valence electrons. The minimum absolute atomic E-state index is 0.316. The molecule has 2 fully saturated rings. The molecular weight excluding hydrogens is 322 g/mol. The number of carbonyl (C=O) groups is 1. The van der Waals surface area contributed by atoms with E-state index in [9.17, 15) is 4.79 Å². The molecule has 1 amide bonds. The summed E-state index contributed by atoms with van der Waals surface area (Å²) in [5.74, 6) is 2.42. The van der Waals surface area contributed by atoms with Gasteiger partial charge >= 0.3 is 0 Å². The van der Waals surface area contributed by atoms with E-state index in [0.29, 0.717) is 17.7 Å². The molecule has 26 heavy (non-hydrogen) atoms. The highest BCUT2D eigenvalue weighted by Crippen LogP contribution is 2.30. The van der Waals surface area contributed by atoms with Crippen LogP contribution in [0.2, 0.25) is 0 Å². The summed E-state index contributed by atoms with van der Waals surface area (Å²) in [5.41, 5.74) is 2.52. The van der Waals surface area contributed by atoms with Crippen LogP contribution in [0.3, 0.4) is 0 Å². The summed E-state index contributed by atoms with van der Waals surface area (Å²) >= 11 is 0. The van der Waals surface area contributed by atoms with E-state index >= 15 is 0 Å². The number of imidazole rings is 1. The second kappa shape index (κ2) is 7.65. The molecule has 0 spiro atoms. The fourth-order valence-corrected chi connectivity index (χ4v) is 4.26. The summed E-state index contributed by atoms with van der Waals surface area (Å²) < 4.78 is 2.34. The first-order valence-corrected chi connectivity index (χ1v) is 10.0. The Labute approximate surface area is 156 Å². The van der Waals surface area contributed by atoms with Crippen molar-refractivity contribution in [3.63, 3.8) is 0 Å². The van der Waals surface area contributed by atoms with Gasteiger partial charge in [0.2, 0.25) is 5.91 Å². The highest BCUT2D eigenvalue weighted by Gasteiger charge is 2.32. The molecule has 1 aliphatic carbocycles. The Morgan fingerprint density at radius 2 is 1.96 bits per heavy atom. The van der Waals surface area contributed by atoms with E-state index in [2.05, 4.69) is 46.7 Å². The van der Waals surface area contributed by atoms with Gasteiger partial charge in [0.05, 0.1) is 0 Å². The van der Waals surface area contributed by atoms with Crippen LogP contribution >= 0.6 is 0 Å². The number of rotatable bonds is 5. The molecule has 4 heteroatoms. The maximum atomic E-state index is 12.6. The Morgan fingerprint density at radius 1 is 1.15 bits per heavy atom. The third-order valence-electron chi connectivity index (χ3n) is 6.08. The molecular formula is C22H29N3O. The average Bonchev–Trinajstić information content (AvgIpc) is 2.95. The second-order valence-electron chi connectivity index (χ2n) is 8.01. The number of nitrogens with zero attached hydrogens (tertiary/aromatic N) is 3. The molecule has 0 N–H and O–H groups in total. The zero-order valence-electron chi connectivity index (χ0n) is 15.7. The predicted molar refractivity (Wildman–Crippen MR) is 103 cm³/mol. The van der Waals surface area contributed by atoms with Crippen LogP contribution in [0.1, 0.15) is 49.2 Å². The third kappa shape index (κ3) is 3.69. The Kier molecular flexibility index (Phi) is 5.09. The molecule has 0 bridgehead atoms. The van der Waals surface area contributed by atoms with E-state index in [4.69, 9.17) is 4.98 Å². The summed E-state index contributed by atoms with van der Waals surface area (Å²) in [6, 6.07) is 10.6. The van der Waals surface area contributed by atoms with Gasteiger partial charge in [-0.05, 0) is 44.1 Å². The van der Waals surface area contributed by atoms with Crippen molar-refractivity contribution in [2.75, 3.05) is 13.1 Å². The van der Waals surface area contributed by atoms with Crippen LogP contribution < -0.4 is 0 Å². The van der Waals surface area contributed by atoms with Gasteiger partial charge in [-0.15, -0.1) is 0 Å². The summed E-state index contributed by atoms with van der Waals surface area (Å²) in [5, 5.41) is 0. The SMILES string of the molecule is Cc1cnc(CC2CCCN(C(=O)C3CCC3)C2)n1Cc1ccccc1. The molecule has 0 radical (unpaired) electrons. The van der Waals surface area contributed by atoms with Gasteiger partial charge in [-0.2, -0.15) is 0 Å². The molecule has 1 saturated carbocycles. The predicted octanol–water partition coefficient (Wildman–Crippen LogP) is 3.82. The van der Waals surface area contributed by atoms with Crippen LogP contribution in [0.4, 0.5) is 0 Å². The smallest absolute Gasteiger partial charge is 0.225 e. The largest absolute Gasteiger partial charge is 0.342 e. The summed E-state index contributed by atoms with van der Waals surface area (Å²) in [7, 11) is 0. The van der Waals surface area contributed by atoms with Crippen LogP contribution in [-0.2, 0) is 17.8 Å². The number of hydrogen-bond acceptors (Lipinski definition) is 2. The van der Waals surface area contributed by atoms with Crippen molar-refractivity contribution in [3.8, 4) is 0 Å². The lowest BCUT2D eigenvalue weighted by Crippen LogP contribution is -2.45. The number of benzene rings is 1. The first kappa shape index (κ1) is 17.3. The molecule has 1 aromatic carbocycles. The van der Waals surface area contributed by atoms with E-state index < -0.39 is 0 Å². The number of piperidine rings is 1. The number of likely N-dealkylation sites (tertiary alicyclic amines) is 1. The minimum Gasteiger partial charge on any atom is -0.342 e. The van der Waals surface area contributed by atoms with Gasteiger partial charge in [0.15, 0.2) is 0 Å². The summed E-state index contributed by atoms with van der Waals surface area (Å²) in [4.78, 5) is 19.4. The van der Waals surface area contributed by atoms with E-state index in [1.165, 1.54) is 24.1 Å². The zero-order chi connectivity index (χ0) is 17.9. The Bertz CT molecular complexity index is 748. The van der Waals surface area contributed by atoms with Gasteiger partial charge in [0.25, 0.3) is 0 Å². The van der Waals surface area contributed by atoms with E-state index in [0.717, 1.165) is 51.1 Å². The van der Waals surface area contributed by atoms with Crippen molar-refractivity contribution in [1.29, 1.82) is 0 Å². The standard InChI is InChI=1S/C22H29N3O/c1-17-14-23-21(25(17)16-18-7-3-2-4-8-18)13-19-9-6-12-24(15-19)22(26)20-10-5-11-20/h2-4,7-8,14,19-20H,5-6,9-13,15-16H2,1H3. The maximum Gasteiger partial charge on any atom is 0.225 e. The molecule has 1 unspecified atom stereocenters. The van der Waals surface area contributed by atoms with Crippen LogP contribution in [0.5, 0.6) is 0 Å². The minimum atomic E-state index is 0.316. The fourth-order valence-electron chi connectivity index (χ4n) is 4.26. The van der Waals surface area contributed by atoms with E-state index in [1.807, 2.05) is 6.20 Å². The first-order chi connectivity index (χ1) is 12.7. The van der Waals surface area contributed by atoms with Crippen molar-refractivity contribution in [2.24, 2.45) is 11.8 Å². The van der Waals surface area contributed by atoms with Crippen LogP contribution in [0.15, 0.2) is 36.5 Å². The quantitative estimate of drug-likeness (QED) is 0.821. The summed E-state index contributed by atoms with van der Waals surface area (Å²) in [6.45, 7) is 4.86. The topological polar surface area (TPSA) is 38.1 Å². The van der Waals surface area contributed by atoms with Crippen LogP contribution in [-0.4, -0.2) is 33.4 Å². The Balaban J connectivity index is 1.43. The monoisotopic (exact) mass is 351 g/mol. The molecule has 2 aliphatic rings. The average molecular weight is 351 g/mol. The van der Waals surface area contributed by atoms with Crippen LogP contribution in [0.25, 0.3) is 0 Å². The van der Waals surface area contributed by atoms with Crippen molar-refractivity contribution >= 4 is 5.91 Å². The van der Waals surface area contributed by atoms with Gasteiger partial charge in [0.1, 0.15) is 5.82 Å². The molecule has 4 nitrogen and oxygen atoms in total. The lowest BCUT2D eigenvalue weighted by atomic mass is 9.83. The number of hydrogen-bond donors (Lipinski definition) is 0. The molecule has 2 heterocycles. The number of amides is 1. The maximum absolute atomic E-state index is 12.6. The lowest BCUT2D eigenvalue weighted by Gasteiger charge is -2.37. The molecule has 1 atom stereocenters. The van der Waals surface area contributed by atoms with E-state index in [1.54, 1.807) is 0 Å². The Hall–Kier alpha value is -2.10. The normalized spacial score (nSPS) is 20.8. The van der Waals surface area contributed by atoms with Gasteiger partial charge in [-0.25, -0.2) is 4.98 Å². The first-order valence-electron chi connectivity index (χ1n) is 10.0. The van der Waals surface area contributed by atoms with Crippen LogP contribution in [0, 0.1) is 18.8 Å². The highest BCUT2D eigenvalue weighted by molar-refractivity contribution is 5.79. The Morgan fingerprint density at radius 3 is 2.69 bits per heavy atom. The lowest BCUT2D eigenvalue weighted by molar-refractivity contribution is -0.140. The van der Waals surface area contributed by atoms with Gasteiger partial charge < -0.3 is 9.47 Å². The highest BCUT2D eigenvalue weighted by atomic mass is 16.2. The number of carbonyl (C=O) groups excluding carboxylic acids is 1. The zero-order valence-corrected chi connectivity index (χ0v) is 15.7. The molecule has 1 aromatic heterocycles. The van der Waals surface area contributed by atoms with E-state index in [-0.39, 0.29) is 0 Å². The van der Waals surface area contributed by atoms with Crippen molar-refractivity contribution in [2.45, 2.75) is 52.0 Å². The van der Waals surface area contributed by atoms with Gasteiger partial charge in [-0.1, -0.05) is 36.8 Å². The molecule has 1 aliphatic heterocycles.